The van der Waals surface area contributed by atoms with Crippen LogP contribution in [0.5, 0.6) is 0 Å². The van der Waals surface area contributed by atoms with E-state index in [-0.39, 0.29) is 13.2 Å². The summed E-state index contributed by atoms with van der Waals surface area (Å²) in [5.74, 6) is 0. The van der Waals surface area contributed by atoms with Crippen LogP contribution in [0.1, 0.15) is 33.4 Å². The third kappa shape index (κ3) is 6.35. The Morgan fingerprint density at radius 3 is 0.776 bits per heavy atom. The standard InChI is InChI=1S/C44H40O5/c45-41-39(31-47-43(33-19-7-1-8-20-33,34-21-9-2-10-22-34)35-23-11-3-12-24-35)49-40(42(41)46)32-48-44(36-25-13-4-14-26-36,37-27-15-5-16-28-37)38-29-17-6-18-30-38/h1-30,39-42,45-46H,31-32H2/t39-,40+,41-,42-/m1/s1. The lowest BCUT2D eigenvalue weighted by Gasteiger charge is -2.37. The average molecular weight is 649 g/mol. The van der Waals surface area contributed by atoms with Gasteiger partial charge < -0.3 is 24.4 Å². The Labute approximate surface area is 288 Å². The van der Waals surface area contributed by atoms with E-state index in [4.69, 9.17) is 14.2 Å². The number of ether oxygens (including phenoxy) is 3. The molecular weight excluding hydrogens is 608 g/mol. The molecule has 1 aliphatic rings. The summed E-state index contributed by atoms with van der Waals surface area (Å²) in [6, 6.07) is 60.4. The van der Waals surface area contributed by atoms with E-state index < -0.39 is 35.6 Å². The lowest BCUT2D eigenvalue weighted by atomic mass is 9.80. The van der Waals surface area contributed by atoms with Gasteiger partial charge in [0, 0.05) is 0 Å². The maximum atomic E-state index is 11.4. The topological polar surface area (TPSA) is 68.2 Å². The van der Waals surface area contributed by atoms with E-state index in [1.54, 1.807) is 0 Å². The van der Waals surface area contributed by atoms with Gasteiger partial charge in [0.1, 0.15) is 35.6 Å². The second kappa shape index (κ2) is 14.7. The third-order valence-corrected chi connectivity index (χ3v) is 9.47. The fourth-order valence-electron chi connectivity index (χ4n) is 7.05. The van der Waals surface area contributed by atoms with Crippen molar-refractivity contribution >= 4 is 0 Å². The first-order chi connectivity index (χ1) is 24.1. The number of aliphatic hydroxyl groups is 2. The summed E-state index contributed by atoms with van der Waals surface area (Å²) in [5.41, 5.74) is 3.68. The second-order valence-corrected chi connectivity index (χ2v) is 12.4. The molecule has 6 aromatic carbocycles. The quantitative estimate of drug-likeness (QED) is 0.135. The zero-order chi connectivity index (χ0) is 33.5. The van der Waals surface area contributed by atoms with Crippen molar-refractivity contribution < 1.29 is 24.4 Å². The molecule has 49 heavy (non-hydrogen) atoms. The molecule has 0 unspecified atom stereocenters. The number of hydrogen-bond acceptors (Lipinski definition) is 5. The Morgan fingerprint density at radius 2 is 0.571 bits per heavy atom. The molecule has 1 heterocycles. The first-order valence-electron chi connectivity index (χ1n) is 16.8. The SMILES string of the molecule is O[C@H]1[C@H](O)[C@@H](COC(c2ccccc2)(c2ccccc2)c2ccccc2)O[C@H]1COC(c1ccccc1)(c1ccccc1)c1ccccc1. The summed E-state index contributed by atoms with van der Waals surface area (Å²) in [7, 11) is 0. The molecule has 1 aliphatic heterocycles. The molecule has 0 bridgehead atoms. The van der Waals surface area contributed by atoms with Crippen LogP contribution in [0.3, 0.4) is 0 Å². The maximum Gasteiger partial charge on any atom is 0.143 e. The molecule has 0 aromatic heterocycles. The van der Waals surface area contributed by atoms with E-state index in [1.807, 2.05) is 182 Å². The molecule has 7 rings (SSSR count). The van der Waals surface area contributed by atoms with Crippen LogP contribution in [-0.4, -0.2) is 47.8 Å². The lowest BCUT2D eigenvalue weighted by Crippen LogP contribution is -2.40. The summed E-state index contributed by atoms with van der Waals surface area (Å²) in [6.07, 6.45) is -3.99. The van der Waals surface area contributed by atoms with Gasteiger partial charge in [-0.1, -0.05) is 182 Å². The molecule has 0 amide bonds. The van der Waals surface area contributed by atoms with Crippen molar-refractivity contribution in [2.24, 2.45) is 0 Å². The molecule has 0 spiro atoms. The number of benzene rings is 6. The summed E-state index contributed by atoms with van der Waals surface area (Å²) < 4.78 is 20.4. The van der Waals surface area contributed by atoms with Gasteiger partial charge in [0.15, 0.2) is 0 Å². The molecule has 1 fully saturated rings. The molecule has 2 N–H and O–H groups in total. The predicted octanol–water partition coefficient (Wildman–Crippen LogP) is 7.49. The van der Waals surface area contributed by atoms with Crippen LogP contribution >= 0.6 is 0 Å². The largest absolute Gasteiger partial charge is 0.388 e. The van der Waals surface area contributed by atoms with Crippen molar-refractivity contribution in [1.82, 2.24) is 0 Å². The smallest absolute Gasteiger partial charge is 0.143 e. The van der Waals surface area contributed by atoms with Crippen molar-refractivity contribution in [3.63, 3.8) is 0 Å². The van der Waals surface area contributed by atoms with Crippen LogP contribution in [0.2, 0.25) is 0 Å². The average Bonchev–Trinajstić information content (AvgIpc) is 3.46. The zero-order valence-corrected chi connectivity index (χ0v) is 27.2. The van der Waals surface area contributed by atoms with Gasteiger partial charge in [-0.05, 0) is 33.4 Å². The van der Waals surface area contributed by atoms with Crippen molar-refractivity contribution in [3.05, 3.63) is 215 Å². The number of rotatable bonds is 12. The van der Waals surface area contributed by atoms with E-state index in [1.165, 1.54) is 0 Å². The van der Waals surface area contributed by atoms with Gasteiger partial charge >= 0.3 is 0 Å². The molecule has 1 saturated heterocycles. The normalized spacial score (nSPS) is 19.5. The van der Waals surface area contributed by atoms with Gasteiger partial charge in [-0.15, -0.1) is 0 Å². The fraction of sp³-hybridized carbons (Fsp3) is 0.182. The minimum atomic E-state index is -1.19. The Balaban J connectivity index is 1.19. The minimum absolute atomic E-state index is 0.0224. The molecule has 0 radical (unpaired) electrons. The highest BCUT2D eigenvalue weighted by molar-refractivity contribution is 5.49. The van der Waals surface area contributed by atoms with Crippen LogP contribution in [0.25, 0.3) is 0 Å². The van der Waals surface area contributed by atoms with E-state index in [9.17, 15) is 10.2 Å². The van der Waals surface area contributed by atoms with Crippen molar-refractivity contribution in [1.29, 1.82) is 0 Å². The first-order valence-corrected chi connectivity index (χ1v) is 16.8. The van der Waals surface area contributed by atoms with Gasteiger partial charge in [-0.2, -0.15) is 0 Å². The minimum Gasteiger partial charge on any atom is -0.388 e. The molecule has 6 aromatic rings. The van der Waals surface area contributed by atoms with Crippen LogP contribution in [0, 0.1) is 0 Å². The summed E-state index contributed by atoms with van der Waals surface area (Å²) in [4.78, 5) is 0. The van der Waals surface area contributed by atoms with E-state index >= 15 is 0 Å². The summed E-state index contributed by atoms with van der Waals surface area (Å²) >= 11 is 0. The van der Waals surface area contributed by atoms with Crippen LogP contribution < -0.4 is 0 Å². The highest BCUT2D eigenvalue weighted by atomic mass is 16.6. The van der Waals surface area contributed by atoms with Gasteiger partial charge in [-0.3, -0.25) is 0 Å². The summed E-state index contributed by atoms with van der Waals surface area (Å²) in [6.45, 7) is 0.0449. The summed E-state index contributed by atoms with van der Waals surface area (Å²) in [5, 5.41) is 22.8. The van der Waals surface area contributed by atoms with Gasteiger partial charge in [0.25, 0.3) is 0 Å². The second-order valence-electron chi connectivity index (χ2n) is 12.4. The Morgan fingerprint density at radius 1 is 0.367 bits per heavy atom. The molecule has 0 aliphatic carbocycles. The van der Waals surface area contributed by atoms with Crippen molar-refractivity contribution in [3.8, 4) is 0 Å². The Kier molecular flexibility index (Phi) is 9.80. The zero-order valence-electron chi connectivity index (χ0n) is 27.2. The van der Waals surface area contributed by atoms with Gasteiger partial charge in [-0.25, -0.2) is 0 Å². The monoisotopic (exact) mass is 648 g/mol. The van der Waals surface area contributed by atoms with Gasteiger partial charge in [0.2, 0.25) is 0 Å². The van der Waals surface area contributed by atoms with Crippen LogP contribution in [0.15, 0.2) is 182 Å². The van der Waals surface area contributed by atoms with Crippen LogP contribution in [0.4, 0.5) is 0 Å². The highest BCUT2D eigenvalue weighted by Crippen LogP contribution is 2.43. The Bertz CT molecular complexity index is 1540. The molecule has 4 atom stereocenters. The number of hydrogen-bond donors (Lipinski definition) is 2. The van der Waals surface area contributed by atoms with E-state index in [0.717, 1.165) is 33.4 Å². The van der Waals surface area contributed by atoms with Crippen molar-refractivity contribution in [2.45, 2.75) is 35.6 Å². The third-order valence-electron chi connectivity index (χ3n) is 9.47. The predicted molar refractivity (Wildman–Crippen MR) is 191 cm³/mol. The molecule has 5 nitrogen and oxygen atoms in total. The molecule has 246 valence electrons. The van der Waals surface area contributed by atoms with E-state index in [2.05, 4.69) is 0 Å². The van der Waals surface area contributed by atoms with Gasteiger partial charge in [0.05, 0.1) is 13.2 Å². The first kappa shape index (κ1) is 32.7. The molecular formula is C44H40O5. The number of aliphatic hydroxyl groups excluding tert-OH is 2. The van der Waals surface area contributed by atoms with Crippen LogP contribution in [-0.2, 0) is 25.4 Å². The van der Waals surface area contributed by atoms with E-state index in [0.29, 0.717) is 0 Å². The Hall–Kier alpha value is -4.88. The maximum absolute atomic E-state index is 11.4. The molecule has 5 heteroatoms. The lowest BCUT2D eigenvalue weighted by molar-refractivity contribution is -0.107. The highest BCUT2D eigenvalue weighted by Gasteiger charge is 2.47. The molecule has 0 saturated carbocycles. The fourth-order valence-corrected chi connectivity index (χ4v) is 7.05. The van der Waals surface area contributed by atoms with Crippen molar-refractivity contribution in [2.75, 3.05) is 13.2 Å².